The van der Waals surface area contributed by atoms with Crippen molar-refractivity contribution in [1.29, 1.82) is 0 Å². The molecule has 0 aromatic carbocycles. The number of hydrogen-bond acceptors (Lipinski definition) is 4. The average Bonchev–Trinajstić information content (AvgIpc) is 2.48. The molecular weight excluding hydrogens is 316 g/mol. The molecule has 0 N–H and O–H groups in total. The average molecular weight is 355 g/mol. The quantitative estimate of drug-likeness (QED) is 0.515. The van der Waals surface area contributed by atoms with Crippen molar-refractivity contribution in [3.63, 3.8) is 0 Å². The molecule has 0 bridgehead atoms. The molecule has 1 saturated carbocycles. The third-order valence-electron chi connectivity index (χ3n) is 6.38. The van der Waals surface area contributed by atoms with E-state index in [9.17, 15) is 9.59 Å². The Bertz CT molecular complexity index is 453. The van der Waals surface area contributed by atoms with Crippen molar-refractivity contribution in [2.24, 2.45) is 28.1 Å². The van der Waals surface area contributed by atoms with Gasteiger partial charge in [-0.1, -0.05) is 61.3 Å². The summed E-state index contributed by atoms with van der Waals surface area (Å²) in [6.07, 6.45) is 4.28. The van der Waals surface area contributed by atoms with Gasteiger partial charge in [-0.3, -0.25) is 9.59 Å². The zero-order valence-electron chi connectivity index (χ0n) is 17.5. The van der Waals surface area contributed by atoms with Crippen LogP contribution < -0.4 is 0 Å². The lowest BCUT2D eigenvalue weighted by atomic mass is 9.55. The molecule has 146 valence electrons. The van der Waals surface area contributed by atoms with E-state index in [-0.39, 0.29) is 41.9 Å². The monoisotopic (exact) mass is 354 g/mol. The van der Waals surface area contributed by atoms with Crippen LogP contribution in [0.4, 0.5) is 0 Å². The normalized spacial score (nSPS) is 22.4. The molecule has 0 aliphatic heterocycles. The van der Waals surface area contributed by atoms with Crippen molar-refractivity contribution in [3.05, 3.63) is 0 Å². The summed E-state index contributed by atoms with van der Waals surface area (Å²) < 4.78 is 10.9. The summed E-state index contributed by atoms with van der Waals surface area (Å²) >= 11 is 0. The van der Waals surface area contributed by atoms with Gasteiger partial charge < -0.3 is 9.47 Å². The molecular formula is C21H38O4. The van der Waals surface area contributed by atoms with Crippen LogP contribution in [0.3, 0.4) is 0 Å². The van der Waals surface area contributed by atoms with Gasteiger partial charge >= 0.3 is 11.9 Å². The van der Waals surface area contributed by atoms with Crippen LogP contribution >= 0.6 is 0 Å². The maximum Gasteiger partial charge on any atom is 0.312 e. The van der Waals surface area contributed by atoms with Crippen LogP contribution in [0.5, 0.6) is 0 Å². The van der Waals surface area contributed by atoms with E-state index in [1.54, 1.807) is 0 Å². The zero-order valence-corrected chi connectivity index (χ0v) is 17.5. The van der Waals surface area contributed by atoms with Crippen LogP contribution in [0.25, 0.3) is 0 Å². The maximum atomic E-state index is 12.8. The minimum atomic E-state index is -0.637. The minimum absolute atomic E-state index is 0.00105. The SMILES string of the molecule is CC1CCCCC1C(=O)OCCOC(=O)C(C)(C(C)(C)C)C(C)(C)C. The van der Waals surface area contributed by atoms with E-state index in [0.717, 1.165) is 19.3 Å². The highest BCUT2D eigenvalue weighted by Gasteiger charge is 2.53. The van der Waals surface area contributed by atoms with Gasteiger partial charge in [0.05, 0.1) is 11.3 Å². The molecule has 0 amide bonds. The third kappa shape index (κ3) is 4.98. The van der Waals surface area contributed by atoms with Crippen molar-refractivity contribution in [1.82, 2.24) is 0 Å². The van der Waals surface area contributed by atoms with E-state index in [1.165, 1.54) is 6.42 Å². The first-order valence-corrected chi connectivity index (χ1v) is 9.66. The Kier molecular flexibility index (Phi) is 7.12. The second-order valence-corrected chi connectivity index (χ2v) is 9.80. The molecule has 4 heteroatoms. The smallest absolute Gasteiger partial charge is 0.312 e. The lowest BCUT2D eigenvalue weighted by Gasteiger charge is -2.48. The molecule has 0 spiro atoms. The van der Waals surface area contributed by atoms with Crippen LogP contribution in [0.1, 0.15) is 81.1 Å². The summed E-state index contributed by atoms with van der Waals surface area (Å²) in [6.45, 7) is 16.7. The van der Waals surface area contributed by atoms with Crippen LogP contribution in [-0.2, 0) is 19.1 Å². The van der Waals surface area contributed by atoms with Gasteiger partial charge in [0, 0.05) is 0 Å². The van der Waals surface area contributed by atoms with Crippen molar-refractivity contribution in [2.75, 3.05) is 13.2 Å². The van der Waals surface area contributed by atoms with Gasteiger partial charge in [0.1, 0.15) is 13.2 Å². The standard InChI is InChI=1S/C21H38O4/c1-15-11-9-10-12-16(15)17(22)24-13-14-25-18(23)21(8,19(2,3)4)20(5,6)7/h15-16H,9-14H2,1-8H3. The summed E-state index contributed by atoms with van der Waals surface area (Å²) in [6, 6.07) is 0. The van der Waals surface area contributed by atoms with E-state index in [4.69, 9.17) is 9.47 Å². The molecule has 0 aromatic rings. The molecule has 0 heterocycles. The lowest BCUT2D eigenvalue weighted by Crippen LogP contribution is -2.51. The molecule has 0 aromatic heterocycles. The highest BCUT2D eigenvalue weighted by Crippen LogP contribution is 2.52. The highest BCUT2D eigenvalue weighted by atomic mass is 16.6. The van der Waals surface area contributed by atoms with E-state index in [0.29, 0.717) is 5.92 Å². The van der Waals surface area contributed by atoms with E-state index >= 15 is 0 Å². The van der Waals surface area contributed by atoms with Gasteiger partial charge in [0.25, 0.3) is 0 Å². The largest absolute Gasteiger partial charge is 0.462 e. The predicted octanol–water partition coefficient (Wildman–Crippen LogP) is 5.00. The molecule has 1 aliphatic rings. The Balaban J connectivity index is 2.54. The lowest BCUT2D eigenvalue weighted by molar-refractivity contribution is -0.176. The van der Waals surface area contributed by atoms with Crippen molar-refractivity contribution >= 4 is 11.9 Å². The minimum Gasteiger partial charge on any atom is -0.462 e. The zero-order chi connectivity index (χ0) is 19.5. The highest BCUT2D eigenvalue weighted by molar-refractivity contribution is 5.78. The fourth-order valence-electron chi connectivity index (χ4n) is 3.93. The Hall–Kier alpha value is -1.06. The summed E-state index contributed by atoms with van der Waals surface area (Å²) in [5.41, 5.74) is -1.12. The number of esters is 2. The maximum absolute atomic E-state index is 12.8. The molecule has 0 saturated heterocycles. The number of rotatable bonds is 5. The van der Waals surface area contributed by atoms with Gasteiger partial charge in [0.15, 0.2) is 0 Å². The summed E-state index contributed by atoms with van der Waals surface area (Å²) in [5, 5.41) is 0. The van der Waals surface area contributed by atoms with Gasteiger partial charge in [-0.05, 0) is 36.5 Å². The fraction of sp³-hybridized carbons (Fsp3) is 0.905. The first kappa shape index (κ1) is 22.0. The Labute approximate surface area is 154 Å². The van der Waals surface area contributed by atoms with Gasteiger partial charge in [-0.2, -0.15) is 0 Å². The van der Waals surface area contributed by atoms with Gasteiger partial charge in [0.2, 0.25) is 0 Å². The van der Waals surface area contributed by atoms with Crippen LogP contribution in [0.2, 0.25) is 0 Å². The molecule has 2 atom stereocenters. The van der Waals surface area contributed by atoms with Gasteiger partial charge in [-0.25, -0.2) is 0 Å². The molecule has 0 radical (unpaired) electrons. The summed E-state index contributed by atoms with van der Waals surface area (Å²) in [4.78, 5) is 25.0. The molecule has 1 aliphatic carbocycles. The van der Waals surface area contributed by atoms with E-state index < -0.39 is 5.41 Å². The molecule has 25 heavy (non-hydrogen) atoms. The second kappa shape index (κ2) is 8.09. The number of hydrogen-bond donors (Lipinski definition) is 0. The van der Waals surface area contributed by atoms with Crippen molar-refractivity contribution in [2.45, 2.75) is 81.1 Å². The van der Waals surface area contributed by atoms with Gasteiger partial charge in [-0.15, -0.1) is 0 Å². The second-order valence-electron chi connectivity index (χ2n) is 9.80. The number of carbonyl (C=O) groups is 2. The van der Waals surface area contributed by atoms with E-state index in [2.05, 4.69) is 48.5 Å². The van der Waals surface area contributed by atoms with E-state index in [1.807, 2.05) is 6.92 Å². The van der Waals surface area contributed by atoms with Crippen LogP contribution in [0, 0.1) is 28.1 Å². The molecule has 4 nitrogen and oxygen atoms in total. The third-order valence-corrected chi connectivity index (χ3v) is 6.38. The Morgan fingerprint density at radius 3 is 1.80 bits per heavy atom. The predicted molar refractivity (Wildman–Crippen MR) is 100 cm³/mol. The van der Waals surface area contributed by atoms with Crippen LogP contribution in [-0.4, -0.2) is 25.2 Å². The first-order valence-electron chi connectivity index (χ1n) is 9.66. The van der Waals surface area contributed by atoms with Crippen LogP contribution in [0.15, 0.2) is 0 Å². The number of ether oxygens (including phenoxy) is 2. The Morgan fingerprint density at radius 1 is 0.840 bits per heavy atom. The first-order chi connectivity index (χ1) is 11.3. The molecule has 1 rings (SSSR count). The van der Waals surface area contributed by atoms with Crippen molar-refractivity contribution in [3.8, 4) is 0 Å². The fourth-order valence-corrected chi connectivity index (χ4v) is 3.93. The molecule has 1 fully saturated rings. The summed E-state index contributed by atoms with van der Waals surface area (Å²) in [5.74, 6) is 0.0139. The molecule has 2 unspecified atom stereocenters. The topological polar surface area (TPSA) is 52.6 Å². The van der Waals surface area contributed by atoms with Crippen molar-refractivity contribution < 1.29 is 19.1 Å². The Morgan fingerprint density at radius 2 is 1.32 bits per heavy atom. The summed E-state index contributed by atoms with van der Waals surface area (Å²) in [7, 11) is 0. The number of carbonyl (C=O) groups excluding carboxylic acids is 2.